The van der Waals surface area contributed by atoms with Gasteiger partial charge in [0.1, 0.15) is 11.9 Å². The first-order chi connectivity index (χ1) is 14.3. The van der Waals surface area contributed by atoms with Crippen LogP contribution in [0.2, 0.25) is 0 Å². The average Bonchev–Trinajstić information content (AvgIpc) is 2.74. The number of halogens is 3. The Morgan fingerprint density at radius 2 is 1.70 bits per heavy atom. The van der Waals surface area contributed by atoms with Crippen molar-refractivity contribution in [3.05, 3.63) is 84.2 Å². The average molecular weight is 417 g/mol. The molecule has 6 nitrogen and oxygen atoms in total. The van der Waals surface area contributed by atoms with Crippen molar-refractivity contribution in [2.45, 2.75) is 19.2 Å². The van der Waals surface area contributed by atoms with E-state index in [1.54, 1.807) is 31.0 Å². The molecule has 0 aromatic carbocycles. The zero-order valence-corrected chi connectivity index (χ0v) is 15.8. The lowest BCUT2D eigenvalue weighted by atomic mass is 10.2. The van der Waals surface area contributed by atoms with Gasteiger partial charge in [0.2, 0.25) is 0 Å². The standard InChI is InChI=1S/C19H17N3O.C2HF3O2/c1-15(19-4-2-3-9-22-19)23-18-12-17(13-21-14-18)6-5-16-7-10-20-11-8-16;3-2(4,5)1(6)7/h2-15H,1H3;(H,6,7). The number of aromatic nitrogens is 3. The number of carbonyl (C=O) groups is 1. The summed E-state index contributed by atoms with van der Waals surface area (Å²) in [6.45, 7) is 1.97. The van der Waals surface area contributed by atoms with Gasteiger partial charge in [0.05, 0.1) is 11.9 Å². The molecule has 0 fully saturated rings. The number of pyridine rings is 3. The summed E-state index contributed by atoms with van der Waals surface area (Å²) in [5, 5.41) is 7.12. The lowest BCUT2D eigenvalue weighted by Gasteiger charge is -2.13. The maximum absolute atomic E-state index is 10.6. The summed E-state index contributed by atoms with van der Waals surface area (Å²) >= 11 is 0. The number of hydrogen-bond donors (Lipinski definition) is 1. The van der Waals surface area contributed by atoms with Gasteiger partial charge in [0, 0.05) is 24.8 Å². The van der Waals surface area contributed by atoms with Crippen molar-refractivity contribution >= 4 is 18.1 Å². The Bertz CT molecular complexity index is 965. The van der Waals surface area contributed by atoms with Gasteiger partial charge in [0.25, 0.3) is 0 Å². The normalized spacial score (nSPS) is 12.0. The van der Waals surface area contributed by atoms with Crippen LogP contribution in [0.1, 0.15) is 29.8 Å². The Morgan fingerprint density at radius 1 is 1.03 bits per heavy atom. The summed E-state index contributed by atoms with van der Waals surface area (Å²) in [5.74, 6) is -2.03. The predicted molar refractivity (Wildman–Crippen MR) is 104 cm³/mol. The first kappa shape index (κ1) is 22.5. The molecule has 0 saturated carbocycles. The fraction of sp³-hybridized carbons (Fsp3) is 0.143. The number of ether oxygens (including phenoxy) is 1. The molecule has 0 aliphatic heterocycles. The van der Waals surface area contributed by atoms with Crippen LogP contribution >= 0.6 is 0 Å². The van der Waals surface area contributed by atoms with Crippen LogP contribution in [0.15, 0.2) is 67.4 Å². The monoisotopic (exact) mass is 417 g/mol. The van der Waals surface area contributed by atoms with Crippen LogP contribution in [0.4, 0.5) is 13.2 Å². The Labute approximate surface area is 170 Å². The molecule has 0 bridgehead atoms. The molecular weight excluding hydrogens is 399 g/mol. The molecular formula is C21H18F3N3O3. The molecule has 30 heavy (non-hydrogen) atoms. The smallest absolute Gasteiger partial charge is 0.483 e. The van der Waals surface area contributed by atoms with E-state index >= 15 is 0 Å². The van der Waals surface area contributed by atoms with E-state index in [-0.39, 0.29) is 6.10 Å². The van der Waals surface area contributed by atoms with Crippen LogP contribution in [0.3, 0.4) is 0 Å². The molecule has 1 unspecified atom stereocenters. The SMILES string of the molecule is CC(Oc1cncc(C=Cc2ccncc2)c1)c1ccccn1.O=C(O)C(F)(F)F. The van der Waals surface area contributed by atoms with Gasteiger partial charge in [-0.15, -0.1) is 0 Å². The van der Waals surface area contributed by atoms with Gasteiger partial charge in [0.15, 0.2) is 0 Å². The molecule has 0 radical (unpaired) electrons. The Morgan fingerprint density at radius 3 is 2.30 bits per heavy atom. The number of rotatable bonds is 5. The van der Waals surface area contributed by atoms with Crippen molar-refractivity contribution in [1.82, 2.24) is 15.0 Å². The fourth-order valence-electron chi connectivity index (χ4n) is 2.14. The van der Waals surface area contributed by atoms with E-state index in [0.29, 0.717) is 0 Å². The minimum atomic E-state index is -5.08. The molecule has 3 rings (SSSR count). The highest BCUT2D eigenvalue weighted by atomic mass is 19.4. The number of carboxylic acid groups (broad SMARTS) is 1. The molecule has 9 heteroatoms. The number of aliphatic carboxylic acids is 1. The van der Waals surface area contributed by atoms with Crippen molar-refractivity contribution < 1.29 is 27.8 Å². The van der Waals surface area contributed by atoms with Crippen molar-refractivity contribution in [3.63, 3.8) is 0 Å². The van der Waals surface area contributed by atoms with Crippen LogP contribution in [0.25, 0.3) is 12.2 Å². The molecule has 156 valence electrons. The quantitative estimate of drug-likeness (QED) is 0.641. The largest absolute Gasteiger partial charge is 0.490 e. The summed E-state index contributed by atoms with van der Waals surface area (Å²) in [6.07, 6.45) is 7.63. The summed E-state index contributed by atoms with van der Waals surface area (Å²) in [7, 11) is 0. The third-order valence-electron chi connectivity index (χ3n) is 3.57. The minimum Gasteiger partial charge on any atom is -0.483 e. The van der Waals surface area contributed by atoms with Gasteiger partial charge < -0.3 is 9.84 Å². The summed E-state index contributed by atoms with van der Waals surface area (Å²) in [6, 6.07) is 11.7. The second kappa shape index (κ2) is 10.7. The fourth-order valence-corrected chi connectivity index (χ4v) is 2.14. The molecule has 0 aliphatic carbocycles. The van der Waals surface area contributed by atoms with Crippen molar-refractivity contribution in [2.24, 2.45) is 0 Å². The first-order valence-electron chi connectivity index (χ1n) is 8.66. The molecule has 1 atom stereocenters. The van der Waals surface area contributed by atoms with E-state index in [1.807, 2.05) is 55.5 Å². The lowest BCUT2D eigenvalue weighted by Crippen LogP contribution is -2.21. The molecule has 0 aliphatic rings. The number of carboxylic acids is 1. The van der Waals surface area contributed by atoms with E-state index in [9.17, 15) is 13.2 Å². The third-order valence-corrected chi connectivity index (χ3v) is 3.57. The summed E-state index contributed by atoms with van der Waals surface area (Å²) in [4.78, 5) is 21.4. The predicted octanol–water partition coefficient (Wildman–Crippen LogP) is 4.82. The zero-order valence-electron chi connectivity index (χ0n) is 15.8. The van der Waals surface area contributed by atoms with Crippen LogP contribution in [0, 0.1) is 0 Å². The molecule has 3 aromatic rings. The highest BCUT2D eigenvalue weighted by Gasteiger charge is 2.38. The van der Waals surface area contributed by atoms with E-state index < -0.39 is 12.1 Å². The second-order valence-corrected chi connectivity index (χ2v) is 5.89. The van der Waals surface area contributed by atoms with Crippen LogP contribution in [-0.2, 0) is 4.79 Å². The molecule has 3 aromatic heterocycles. The number of nitrogens with zero attached hydrogens (tertiary/aromatic N) is 3. The topological polar surface area (TPSA) is 85.2 Å². The first-order valence-corrected chi connectivity index (χ1v) is 8.66. The van der Waals surface area contributed by atoms with E-state index in [0.717, 1.165) is 22.6 Å². The van der Waals surface area contributed by atoms with Gasteiger partial charge in [-0.3, -0.25) is 15.0 Å². The Kier molecular flexibility index (Phi) is 8.04. The highest BCUT2D eigenvalue weighted by molar-refractivity contribution is 5.73. The van der Waals surface area contributed by atoms with E-state index in [2.05, 4.69) is 15.0 Å². The zero-order chi connectivity index (χ0) is 22.0. The number of alkyl halides is 3. The van der Waals surface area contributed by atoms with Crippen molar-refractivity contribution in [2.75, 3.05) is 0 Å². The Hall–Kier alpha value is -3.75. The van der Waals surface area contributed by atoms with Gasteiger partial charge >= 0.3 is 12.1 Å². The molecule has 0 spiro atoms. The maximum atomic E-state index is 10.6. The van der Waals surface area contributed by atoms with Gasteiger partial charge in [-0.05, 0) is 48.4 Å². The van der Waals surface area contributed by atoms with E-state index in [4.69, 9.17) is 14.6 Å². The maximum Gasteiger partial charge on any atom is 0.490 e. The van der Waals surface area contributed by atoms with Crippen LogP contribution < -0.4 is 4.74 Å². The minimum absolute atomic E-state index is 0.127. The molecule has 0 amide bonds. The van der Waals surface area contributed by atoms with Gasteiger partial charge in [-0.2, -0.15) is 13.2 Å². The van der Waals surface area contributed by atoms with Crippen molar-refractivity contribution in [1.29, 1.82) is 0 Å². The van der Waals surface area contributed by atoms with Crippen LogP contribution in [-0.4, -0.2) is 32.2 Å². The van der Waals surface area contributed by atoms with E-state index in [1.165, 1.54) is 0 Å². The van der Waals surface area contributed by atoms with Crippen molar-refractivity contribution in [3.8, 4) is 5.75 Å². The van der Waals surface area contributed by atoms with Gasteiger partial charge in [-0.25, -0.2) is 4.79 Å². The molecule has 3 heterocycles. The van der Waals surface area contributed by atoms with Crippen LogP contribution in [0.5, 0.6) is 5.75 Å². The highest BCUT2D eigenvalue weighted by Crippen LogP contribution is 2.21. The summed E-state index contributed by atoms with van der Waals surface area (Å²) in [5.41, 5.74) is 2.96. The second-order valence-electron chi connectivity index (χ2n) is 5.89. The lowest BCUT2D eigenvalue weighted by molar-refractivity contribution is -0.192. The molecule has 1 N–H and O–H groups in total. The number of hydrogen-bond acceptors (Lipinski definition) is 5. The Balaban J connectivity index is 0.000000396. The molecule has 0 saturated heterocycles. The third kappa shape index (κ3) is 7.70. The summed E-state index contributed by atoms with van der Waals surface area (Å²) < 4.78 is 37.7. The van der Waals surface area contributed by atoms with Gasteiger partial charge in [-0.1, -0.05) is 18.2 Å².